The minimum atomic E-state index is -0.203. The minimum absolute atomic E-state index is 0.0573. The molecule has 1 atom stereocenters. The van der Waals surface area contributed by atoms with E-state index in [9.17, 15) is 4.79 Å². The Morgan fingerprint density at radius 1 is 1.29 bits per heavy atom. The second-order valence-corrected chi connectivity index (χ2v) is 8.38. The fourth-order valence-electron chi connectivity index (χ4n) is 1.98. The number of hydrogen-bond acceptors (Lipinski definition) is 3. The number of aromatic nitrogens is 2. The molecule has 0 saturated heterocycles. The van der Waals surface area contributed by atoms with Gasteiger partial charge in [0.1, 0.15) is 0 Å². The summed E-state index contributed by atoms with van der Waals surface area (Å²) in [5, 5.41) is 3.81. The summed E-state index contributed by atoms with van der Waals surface area (Å²) >= 11 is 1.54. The lowest BCUT2D eigenvalue weighted by atomic mass is 10.1. The molecule has 21 heavy (non-hydrogen) atoms. The minimum Gasteiger partial charge on any atom is -0.351 e. The zero-order chi connectivity index (χ0) is 16.4. The number of amides is 1. The van der Waals surface area contributed by atoms with Crippen LogP contribution in [0.1, 0.15) is 52.9 Å². The predicted octanol–water partition coefficient (Wildman–Crippen LogP) is 3.55. The highest BCUT2D eigenvalue weighted by atomic mass is 32.2. The molecule has 0 spiro atoms. The molecule has 0 bridgehead atoms. The van der Waals surface area contributed by atoms with Crippen LogP contribution in [-0.2, 0) is 11.3 Å². The molecule has 0 aliphatic heterocycles. The highest BCUT2D eigenvalue weighted by Crippen LogP contribution is 2.26. The molecule has 1 heterocycles. The fourth-order valence-corrected chi connectivity index (χ4v) is 2.99. The molecule has 0 aliphatic rings. The lowest BCUT2D eigenvalue weighted by molar-refractivity contribution is -0.121. The Labute approximate surface area is 133 Å². The molecule has 1 unspecified atom stereocenters. The van der Waals surface area contributed by atoms with Crippen molar-refractivity contribution in [3.8, 4) is 0 Å². The van der Waals surface area contributed by atoms with Crippen LogP contribution in [0, 0.1) is 19.8 Å². The molecule has 4 nitrogen and oxygen atoms in total. The van der Waals surface area contributed by atoms with Crippen molar-refractivity contribution in [2.45, 2.75) is 77.9 Å². The fraction of sp³-hybridized carbons (Fsp3) is 0.750. The molecule has 5 heteroatoms. The molecule has 1 rings (SSSR count). The first-order valence-corrected chi connectivity index (χ1v) is 8.41. The molecule has 0 aromatic carbocycles. The molecule has 1 N–H and O–H groups in total. The highest BCUT2D eigenvalue weighted by Gasteiger charge is 2.23. The lowest BCUT2D eigenvalue weighted by Gasteiger charge is -2.23. The van der Waals surface area contributed by atoms with Crippen LogP contribution in [0.2, 0.25) is 0 Å². The molecule has 1 amide bonds. The Kier molecular flexibility index (Phi) is 5.91. The quantitative estimate of drug-likeness (QED) is 0.846. The molecule has 120 valence electrons. The van der Waals surface area contributed by atoms with E-state index < -0.39 is 0 Å². The van der Waals surface area contributed by atoms with Gasteiger partial charge in [0.25, 0.3) is 0 Å². The monoisotopic (exact) mass is 311 g/mol. The SMILES string of the molecule is Cc1nc(SC(C)C(=O)NC(C)(C)C)n(CC(C)C)c1C. The Hall–Kier alpha value is -0.970. The molecule has 1 aromatic rings. The van der Waals surface area contributed by atoms with E-state index in [1.165, 1.54) is 17.5 Å². The van der Waals surface area contributed by atoms with Crippen molar-refractivity contribution in [2.24, 2.45) is 5.92 Å². The Morgan fingerprint density at radius 2 is 1.86 bits per heavy atom. The number of thioether (sulfide) groups is 1. The second-order valence-electron chi connectivity index (χ2n) is 7.07. The second kappa shape index (κ2) is 6.86. The number of nitrogens with one attached hydrogen (secondary N) is 1. The van der Waals surface area contributed by atoms with Gasteiger partial charge in [-0.3, -0.25) is 4.79 Å². The van der Waals surface area contributed by atoms with Crippen LogP contribution >= 0.6 is 11.8 Å². The average Bonchev–Trinajstić information content (AvgIpc) is 2.54. The van der Waals surface area contributed by atoms with Crippen molar-refractivity contribution >= 4 is 17.7 Å². The van der Waals surface area contributed by atoms with Crippen LogP contribution in [0.15, 0.2) is 5.16 Å². The third-order valence-electron chi connectivity index (χ3n) is 3.12. The van der Waals surface area contributed by atoms with Crippen LogP contribution < -0.4 is 5.32 Å². The first kappa shape index (κ1) is 18.1. The number of nitrogens with zero attached hydrogens (tertiary/aromatic N) is 2. The van der Waals surface area contributed by atoms with Crippen LogP contribution in [0.4, 0.5) is 0 Å². The van der Waals surface area contributed by atoms with E-state index >= 15 is 0 Å². The highest BCUT2D eigenvalue weighted by molar-refractivity contribution is 8.00. The zero-order valence-corrected chi connectivity index (χ0v) is 15.4. The van der Waals surface area contributed by atoms with Crippen molar-refractivity contribution in [1.82, 2.24) is 14.9 Å². The van der Waals surface area contributed by atoms with E-state index in [-0.39, 0.29) is 16.7 Å². The molecular weight excluding hydrogens is 282 g/mol. The third-order valence-corrected chi connectivity index (χ3v) is 4.21. The predicted molar refractivity (Wildman–Crippen MR) is 89.8 cm³/mol. The van der Waals surface area contributed by atoms with E-state index in [1.807, 2.05) is 34.6 Å². The number of carbonyl (C=O) groups excluding carboxylic acids is 1. The van der Waals surface area contributed by atoms with Crippen molar-refractivity contribution in [1.29, 1.82) is 0 Å². The Balaban J connectivity index is 2.87. The maximum atomic E-state index is 12.2. The van der Waals surface area contributed by atoms with Crippen molar-refractivity contribution in [3.63, 3.8) is 0 Å². The number of aryl methyl sites for hydroxylation is 1. The van der Waals surface area contributed by atoms with Gasteiger partial charge >= 0.3 is 0 Å². The van der Waals surface area contributed by atoms with Crippen LogP contribution in [0.3, 0.4) is 0 Å². The summed E-state index contributed by atoms with van der Waals surface area (Å²) in [5.41, 5.74) is 2.03. The standard InChI is InChI=1S/C16H29N3OS/c1-10(2)9-19-12(4)11(3)17-15(19)21-13(5)14(20)18-16(6,7)8/h10,13H,9H2,1-8H3,(H,18,20). The van der Waals surface area contributed by atoms with Crippen LogP contribution in [0.25, 0.3) is 0 Å². The number of hydrogen-bond donors (Lipinski definition) is 1. The molecule has 0 radical (unpaired) electrons. The van der Waals surface area contributed by atoms with Gasteiger partial charge < -0.3 is 9.88 Å². The van der Waals surface area contributed by atoms with Gasteiger partial charge in [-0.05, 0) is 47.5 Å². The largest absolute Gasteiger partial charge is 0.351 e. The van der Waals surface area contributed by atoms with Crippen molar-refractivity contribution in [3.05, 3.63) is 11.4 Å². The molecule has 0 saturated carbocycles. The Bertz CT molecular complexity index is 500. The summed E-state index contributed by atoms with van der Waals surface area (Å²) in [6, 6.07) is 0. The first-order chi connectivity index (χ1) is 9.51. The normalized spacial score (nSPS) is 13.6. The maximum Gasteiger partial charge on any atom is 0.233 e. The van der Waals surface area contributed by atoms with E-state index in [4.69, 9.17) is 0 Å². The van der Waals surface area contributed by atoms with Gasteiger partial charge in [-0.2, -0.15) is 0 Å². The van der Waals surface area contributed by atoms with Gasteiger partial charge in [-0.15, -0.1) is 0 Å². The van der Waals surface area contributed by atoms with E-state index in [2.05, 4.69) is 35.6 Å². The van der Waals surface area contributed by atoms with Crippen molar-refractivity contribution < 1.29 is 4.79 Å². The van der Waals surface area contributed by atoms with Gasteiger partial charge in [0.15, 0.2) is 5.16 Å². The molecule has 1 aromatic heterocycles. The van der Waals surface area contributed by atoms with Gasteiger partial charge in [0, 0.05) is 17.8 Å². The lowest BCUT2D eigenvalue weighted by Crippen LogP contribution is -2.44. The summed E-state index contributed by atoms with van der Waals surface area (Å²) in [6.45, 7) is 17.4. The van der Waals surface area contributed by atoms with Crippen molar-refractivity contribution in [2.75, 3.05) is 0 Å². The Morgan fingerprint density at radius 3 is 2.33 bits per heavy atom. The number of carbonyl (C=O) groups is 1. The zero-order valence-electron chi connectivity index (χ0n) is 14.6. The summed E-state index contributed by atoms with van der Waals surface area (Å²) in [7, 11) is 0. The smallest absolute Gasteiger partial charge is 0.233 e. The van der Waals surface area contributed by atoms with E-state index in [0.717, 1.165) is 17.4 Å². The number of rotatable bonds is 5. The van der Waals surface area contributed by atoms with Crippen LogP contribution in [-0.4, -0.2) is 26.2 Å². The van der Waals surface area contributed by atoms with E-state index in [0.29, 0.717) is 5.92 Å². The van der Waals surface area contributed by atoms with Gasteiger partial charge in [-0.25, -0.2) is 4.98 Å². The first-order valence-electron chi connectivity index (χ1n) is 7.53. The molecule has 0 aliphatic carbocycles. The van der Waals surface area contributed by atoms with Gasteiger partial charge in [-0.1, -0.05) is 25.6 Å². The summed E-state index contributed by atoms with van der Waals surface area (Å²) in [5.74, 6) is 0.609. The molecule has 0 fully saturated rings. The summed E-state index contributed by atoms with van der Waals surface area (Å²) in [6.07, 6.45) is 0. The average molecular weight is 311 g/mol. The topological polar surface area (TPSA) is 46.9 Å². The summed E-state index contributed by atoms with van der Waals surface area (Å²) in [4.78, 5) is 16.8. The molecular formula is C16H29N3OS. The van der Waals surface area contributed by atoms with Gasteiger partial charge in [0.2, 0.25) is 5.91 Å². The maximum absolute atomic E-state index is 12.2. The number of imidazole rings is 1. The third kappa shape index (κ3) is 5.38. The van der Waals surface area contributed by atoms with E-state index in [1.54, 1.807) is 0 Å². The van der Waals surface area contributed by atoms with Crippen LogP contribution in [0.5, 0.6) is 0 Å². The van der Waals surface area contributed by atoms with Gasteiger partial charge in [0.05, 0.1) is 10.9 Å². The summed E-state index contributed by atoms with van der Waals surface area (Å²) < 4.78 is 2.23.